The maximum Gasteiger partial charge on any atom is 0.333 e. The number of hydrogen-bond acceptors (Lipinski definition) is 16. The van der Waals surface area contributed by atoms with Gasteiger partial charge in [0.05, 0.1) is 73.1 Å². The molecule has 336 valence electrons. The molecule has 16 nitrogen and oxygen atoms in total. The number of esters is 2. The number of ketones is 1. The maximum absolute atomic E-state index is 14.3. The van der Waals surface area contributed by atoms with Crippen LogP contribution in [0.4, 0.5) is 0 Å². The molecule has 3 heterocycles. The molecule has 16 heteroatoms. The minimum absolute atomic E-state index is 0.0807. The Labute approximate surface area is 345 Å². The van der Waals surface area contributed by atoms with E-state index in [4.69, 9.17) is 42.6 Å². The molecule has 0 radical (unpaired) electrons. The van der Waals surface area contributed by atoms with E-state index >= 15 is 0 Å². The van der Waals surface area contributed by atoms with Crippen LogP contribution in [0.15, 0.2) is 12.3 Å². The van der Waals surface area contributed by atoms with Crippen LogP contribution in [0, 0.1) is 23.7 Å². The van der Waals surface area contributed by atoms with Gasteiger partial charge in [0.1, 0.15) is 23.6 Å². The summed E-state index contributed by atoms with van der Waals surface area (Å²) in [5.74, 6) is -5.27. The van der Waals surface area contributed by atoms with Gasteiger partial charge in [0, 0.05) is 38.4 Å². The van der Waals surface area contributed by atoms with E-state index in [1.165, 1.54) is 34.5 Å². The fraction of sp³-hybridized carbons (Fsp3) is 0.881. The van der Waals surface area contributed by atoms with Crippen LogP contribution >= 0.6 is 0 Å². The van der Waals surface area contributed by atoms with Crippen molar-refractivity contribution in [1.29, 1.82) is 0 Å². The second kappa shape index (κ2) is 20.5. The molecule has 3 N–H and O–H groups in total. The molecule has 0 aromatic rings. The Balaban J connectivity index is 2.28. The van der Waals surface area contributed by atoms with Gasteiger partial charge in [0.2, 0.25) is 0 Å². The van der Waals surface area contributed by atoms with E-state index in [0.29, 0.717) is 6.42 Å². The summed E-state index contributed by atoms with van der Waals surface area (Å²) in [4.78, 5) is 42.5. The number of ether oxygens (including phenoxy) is 9. The Morgan fingerprint density at radius 2 is 1.50 bits per heavy atom. The highest BCUT2D eigenvalue weighted by Gasteiger charge is 2.54. The fourth-order valence-corrected chi connectivity index (χ4v) is 8.97. The van der Waals surface area contributed by atoms with Crippen LogP contribution in [0.5, 0.6) is 0 Å². The Kier molecular flexibility index (Phi) is 17.7. The highest BCUT2D eigenvalue weighted by atomic mass is 16.7. The number of cyclic esters (lactones) is 1. The van der Waals surface area contributed by atoms with Crippen LogP contribution in [-0.2, 0) is 57.0 Å². The van der Waals surface area contributed by atoms with Crippen molar-refractivity contribution in [3.05, 3.63) is 12.3 Å². The number of aliphatic hydroxyl groups is 3. The average molecular weight is 832 g/mol. The summed E-state index contributed by atoms with van der Waals surface area (Å²) in [6.45, 7) is 17.0. The highest BCUT2D eigenvalue weighted by molar-refractivity contribution is 5.83. The summed E-state index contributed by atoms with van der Waals surface area (Å²) >= 11 is 0. The fourth-order valence-electron chi connectivity index (χ4n) is 8.97. The molecule has 0 bridgehead atoms. The Hall–Kier alpha value is -2.25. The van der Waals surface area contributed by atoms with Crippen molar-refractivity contribution < 1.29 is 72.3 Å². The third-order valence-corrected chi connectivity index (χ3v) is 12.9. The van der Waals surface area contributed by atoms with Crippen LogP contribution < -0.4 is 0 Å². The molecule has 0 unspecified atom stereocenters. The lowest BCUT2D eigenvalue weighted by molar-refractivity contribution is -0.319. The van der Waals surface area contributed by atoms with Gasteiger partial charge < -0.3 is 62.9 Å². The summed E-state index contributed by atoms with van der Waals surface area (Å²) in [5, 5.41) is 34.3. The van der Waals surface area contributed by atoms with Gasteiger partial charge in [-0.1, -0.05) is 27.7 Å². The van der Waals surface area contributed by atoms with Crippen molar-refractivity contribution in [2.75, 3.05) is 35.4 Å². The van der Waals surface area contributed by atoms with Crippen molar-refractivity contribution in [2.45, 2.75) is 179 Å². The predicted molar refractivity (Wildman–Crippen MR) is 211 cm³/mol. The van der Waals surface area contributed by atoms with Gasteiger partial charge in [-0.15, -0.1) is 0 Å². The van der Waals surface area contributed by atoms with Gasteiger partial charge in [0.15, 0.2) is 18.7 Å². The van der Waals surface area contributed by atoms with E-state index < -0.39 is 108 Å². The van der Waals surface area contributed by atoms with Crippen molar-refractivity contribution in [2.24, 2.45) is 23.7 Å². The minimum Gasteiger partial charge on any atom is -0.491 e. The first-order valence-electron chi connectivity index (χ1n) is 20.5. The molecule has 0 aliphatic carbocycles. The molecule has 0 aromatic heterocycles. The maximum atomic E-state index is 14.3. The molecule has 0 amide bonds. The standard InChI is InChI=1S/C42H73NO15/c1-16-29-42(10,49)35(46)24(4)32(45)22(2)20-41(9,52-15)37(58-39-34(53-18-17-30(44)50-13)28(43(11)12)19-23(3)54-39)25(5)33(26(6)38(48)56-29)57-31-21-40(8,51-14)36(47)27(7)55-31/h17-18,22-29,31,33-37,39,46-47,49H,16,19-21H2,1-15H3/t22-,23-,24+,25+,26-,27+,28+,29-,31+,33+,34-,35-,36+,37-,39+,40-,41+,42-/m1/s1. The van der Waals surface area contributed by atoms with E-state index in [0.717, 1.165) is 6.08 Å². The molecule has 3 saturated heterocycles. The SMILES string of the molecule is CC[C@H]1OC(=O)[C@H](C)[C@@H](O[C@H]2C[C@@](C)(OC)[C@@H](O)[C@H](C)O2)[C@H](C)[C@@H](O[C@@H]2O[C@H](C)C[C@H](N(C)C)[C@H]2OC=CC(=O)OC)[C@@](C)(OC)C[C@@H](C)C(=O)[C@H](C)[C@@H](O)[C@]1(C)O. The first kappa shape index (κ1) is 50.1. The monoisotopic (exact) mass is 831 g/mol. The van der Waals surface area contributed by atoms with E-state index in [1.54, 1.807) is 48.5 Å². The number of nitrogens with zero attached hydrogens (tertiary/aromatic N) is 1. The first-order chi connectivity index (χ1) is 26.9. The summed E-state index contributed by atoms with van der Waals surface area (Å²) < 4.78 is 55.7. The second-order valence-electron chi connectivity index (χ2n) is 17.6. The molecule has 0 spiro atoms. The molecule has 3 aliphatic rings. The third-order valence-electron chi connectivity index (χ3n) is 12.9. The second-order valence-corrected chi connectivity index (χ2v) is 17.6. The van der Waals surface area contributed by atoms with Crippen molar-refractivity contribution in [3.63, 3.8) is 0 Å². The quantitative estimate of drug-likeness (QED) is 0.156. The first-order valence-corrected chi connectivity index (χ1v) is 20.5. The largest absolute Gasteiger partial charge is 0.491 e. The molecule has 18 atom stereocenters. The average Bonchev–Trinajstić information content (AvgIpc) is 3.18. The van der Waals surface area contributed by atoms with Crippen molar-refractivity contribution in [3.8, 4) is 0 Å². The van der Waals surface area contributed by atoms with E-state index in [-0.39, 0.29) is 37.2 Å². The van der Waals surface area contributed by atoms with Crippen LogP contribution in [0.3, 0.4) is 0 Å². The zero-order chi connectivity index (χ0) is 44.1. The summed E-state index contributed by atoms with van der Waals surface area (Å²) in [5.41, 5.74) is -4.35. The summed E-state index contributed by atoms with van der Waals surface area (Å²) in [6, 6.07) is -0.253. The molecule has 3 fully saturated rings. The van der Waals surface area contributed by atoms with Crippen LogP contribution in [0.25, 0.3) is 0 Å². The van der Waals surface area contributed by atoms with Crippen LogP contribution in [0.1, 0.15) is 94.9 Å². The molecular formula is C42H73NO15. The highest BCUT2D eigenvalue weighted by Crippen LogP contribution is 2.42. The van der Waals surface area contributed by atoms with Gasteiger partial charge in [-0.05, 0) is 74.9 Å². The van der Waals surface area contributed by atoms with Gasteiger partial charge >= 0.3 is 11.9 Å². The van der Waals surface area contributed by atoms with Crippen LogP contribution in [-0.4, -0.2) is 158 Å². The molecular weight excluding hydrogens is 758 g/mol. The normalized spacial score (nSPS) is 45.1. The zero-order valence-electron chi connectivity index (χ0n) is 37.3. The Morgan fingerprint density at radius 1 is 0.879 bits per heavy atom. The minimum atomic E-state index is -1.99. The lowest BCUT2D eigenvalue weighted by atomic mass is 9.74. The number of methoxy groups -OCH3 is 3. The Morgan fingerprint density at radius 3 is 2.05 bits per heavy atom. The Bertz CT molecular complexity index is 1390. The van der Waals surface area contributed by atoms with E-state index in [2.05, 4.69) is 0 Å². The topological polar surface area (TPSA) is 198 Å². The van der Waals surface area contributed by atoms with Gasteiger partial charge in [-0.3, -0.25) is 9.59 Å². The number of carbonyl (C=O) groups excluding carboxylic acids is 3. The number of aliphatic hydroxyl groups excluding tert-OH is 2. The van der Waals surface area contributed by atoms with Crippen molar-refractivity contribution in [1.82, 2.24) is 4.90 Å². The molecule has 0 aromatic carbocycles. The zero-order valence-corrected chi connectivity index (χ0v) is 37.3. The summed E-state index contributed by atoms with van der Waals surface area (Å²) in [6.07, 6.45) is -6.37. The van der Waals surface area contributed by atoms with E-state index in [9.17, 15) is 29.7 Å². The van der Waals surface area contributed by atoms with Gasteiger partial charge in [-0.25, -0.2) is 4.79 Å². The molecule has 3 rings (SSSR count). The van der Waals surface area contributed by atoms with Crippen LogP contribution in [0.2, 0.25) is 0 Å². The number of Topliss-reactive ketones (excluding diaryl/α,β-unsaturated/α-hetero) is 1. The lowest BCUT2D eigenvalue weighted by Gasteiger charge is -2.50. The number of hydrogen-bond donors (Lipinski definition) is 3. The smallest absolute Gasteiger partial charge is 0.333 e. The molecule has 58 heavy (non-hydrogen) atoms. The lowest BCUT2D eigenvalue weighted by Crippen LogP contribution is -2.61. The van der Waals surface area contributed by atoms with E-state index in [1.807, 2.05) is 32.8 Å². The van der Waals surface area contributed by atoms with Gasteiger partial charge in [0.25, 0.3) is 0 Å². The molecule has 0 saturated carbocycles. The number of carbonyl (C=O) groups is 3. The third kappa shape index (κ3) is 11.2. The van der Waals surface area contributed by atoms with Gasteiger partial charge in [-0.2, -0.15) is 0 Å². The molecule has 3 aliphatic heterocycles. The van der Waals surface area contributed by atoms with Crippen molar-refractivity contribution >= 4 is 17.7 Å². The number of rotatable bonds is 11. The summed E-state index contributed by atoms with van der Waals surface area (Å²) in [7, 11) is 8.07. The number of likely N-dealkylation sites (N-methyl/N-ethyl adjacent to an activating group) is 1. The predicted octanol–water partition coefficient (Wildman–Crippen LogP) is 3.15.